The second-order valence-electron chi connectivity index (χ2n) is 8.14. The number of rotatable bonds is 5. The van der Waals surface area contributed by atoms with Gasteiger partial charge in [-0.3, -0.25) is 14.2 Å². The predicted octanol–water partition coefficient (Wildman–Crippen LogP) is 4.29. The first-order valence-corrected chi connectivity index (χ1v) is 11.6. The van der Waals surface area contributed by atoms with E-state index >= 15 is 0 Å². The zero-order valence-corrected chi connectivity index (χ0v) is 18.8. The number of aromatic nitrogens is 2. The first-order valence-electron chi connectivity index (χ1n) is 10.7. The molecule has 0 N–H and O–H groups in total. The van der Waals surface area contributed by atoms with Gasteiger partial charge >= 0.3 is 0 Å². The van der Waals surface area contributed by atoms with Gasteiger partial charge < -0.3 is 4.90 Å². The third-order valence-corrected chi connectivity index (χ3v) is 7.25. The van der Waals surface area contributed by atoms with Crippen LogP contribution in [0.5, 0.6) is 0 Å². The molecule has 7 heteroatoms. The van der Waals surface area contributed by atoms with Crippen molar-refractivity contribution in [3.05, 3.63) is 56.4 Å². The summed E-state index contributed by atoms with van der Waals surface area (Å²) < 4.78 is 1.42. The van der Waals surface area contributed by atoms with Crippen LogP contribution in [0.25, 0.3) is 10.2 Å². The monoisotopic (exact) mass is 434 g/mol. The quantitative estimate of drug-likeness (QED) is 0.561. The number of amides is 1. The van der Waals surface area contributed by atoms with E-state index in [1.165, 1.54) is 22.2 Å². The number of carbonyl (C=O) groups is 1. The van der Waals surface area contributed by atoms with Crippen molar-refractivity contribution in [1.29, 1.82) is 5.26 Å². The van der Waals surface area contributed by atoms with Gasteiger partial charge in [-0.2, -0.15) is 5.26 Å². The SMILES string of the molecule is Cc1ccc(N(CCC#N)C(=O)Cn2cnc3sc4c(c3c2=O)CCCCC4)cc1C. The van der Waals surface area contributed by atoms with E-state index in [0.29, 0.717) is 5.39 Å². The van der Waals surface area contributed by atoms with E-state index in [4.69, 9.17) is 5.26 Å². The third-order valence-electron chi connectivity index (χ3n) is 6.05. The fraction of sp³-hybridized carbons (Fsp3) is 0.417. The molecule has 1 aromatic carbocycles. The lowest BCUT2D eigenvalue weighted by Gasteiger charge is -2.23. The molecular weight excluding hydrogens is 408 g/mol. The van der Waals surface area contributed by atoms with Crippen molar-refractivity contribution in [1.82, 2.24) is 9.55 Å². The summed E-state index contributed by atoms with van der Waals surface area (Å²) in [5.41, 5.74) is 3.95. The maximum absolute atomic E-state index is 13.3. The van der Waals surface area contributed by atoms with Crippen LogP contribution in [0.2, 0.25) is 0 Å². The van der Waals surface area contributed by atoms with Crippen molar-refractivity contribution in [2.45, 2.75) is 58.9 Å². The van der Waals surface area contributed by atoms with Crippen LogP contribution in [-0.4, -0.2) is 22.0 Å². The number of fused-ring (bicyclic) bond motifs is 3. The topological polar surface area (TPSA) is 79.0 Å². The van der Waals surface area contributed by atoms with Gasteiger partial charge in [0.05, 0.1) is 24.2 Å². The number of anilines is 1. The maximum atomic E-state index is 13.3. The van der Waals surface area contributed by atoms with Crippen LogP contribution in [-0.2, 0) is 24.2 Å². The normalized spacial score (nSPS) is 13.5. The molecule has 0 aliphatic heterocycles. The van der Waals surface area contributed by atoms with Crippen LogP contribution in [0, 0.1) is 25.2 Å². The molecule has 1 aliphatic rings. The highest BCUT2D eigenvalue weighted by Crippen LogP contribution is 2.32. The first-order chi connectivity index (χ1) is 15.0. The molecule has 31 heavy (non-hydrogen) atoms. The van der Waals surface area contributed by atoms with Gasteiger partial charge in [0, 0.05) is 17.1 Å². The third kappa shape index (κ3) is 4.26. The minimum Gasteiger partial charge on any atom is -0.310 e. The average molecular weight is 435 g/mol. The predicted molar refractivity (Wildman–Crippen MR) is 124 cm³/mol. The molecule has 1 amide bonds. The highest BCUT2D eigenvalue weighted by atomic mass is 32.1. The van der Waals surface area contributed by atoms with Gasteiger partial charge in [-0.05, 0) is 68.4 Å². The lowest BCUT2D eigenvalue weighted by atomic mass is 10.1. The van der Waals surface area contributed by atoms with Crippen molar-refractivity contribution < 1.29 is 4.79 Å². The Labute approximate surface area is 185 Å². The van der Waals surface area contributed by atoms with Gasteiger partial charge in [0.2, 0.25) is 5.91 Å². The number of thiophene rings is 1. The minimum absolute atomic E-state index is 0.0925. The molecule has 160 valence electrons. The lowest BCUT2D eigenvalue weighted by molar-refractivity contribution is -0.119. The molecule has 0 spiro atoms. The molecule has 0 fully saturated rings. The molecule has 0 saturated carbocycles. The Balaban J connectivity index is 1.67. The molecule has 0 radical (unpaired) electrons. The second-order valence-corrected chi connectivity index (χ2v) is 9.23. The van der Waals surface area contributed by atoms with Crippen molar-refractivity contribution >= 4 is 33.1 Å². The summed E-state index contributed by atoms with van der Waals surface area (Å²) in [6.45, 7) is 4.21. The molecule has 6 nitrogen and oxygen atoms in total. The molecular formula is C24H26N4O2S. The smallest absolute Gasteiger partial charge is 0.262 e. The molecule has 3 aromatic rings. The Morgan fingerprint density at radius 3 is 2.81 bits per heavy atom. The number of benzene rings is 1. The van der Waals surface area contributed by atoms with E-state index in [9.17, 15) is 9.59 Å². The summed E-state index contributed by atoms with van der Waals surface area (Å²) in [5, 5.41) is 9.74. The van der Waals surface area contributed by atoms with Crippen LogP contribution in [0.1, 0.15) is 47.3 Å². The number of carbonyl (C=O) groups excluding carboxylic acids is 1. The summed E-state index contributed by atoms with van der Waals surface area (Å²) in [6, 6.07) is 7.92. The lowest BCUT2D eigenvalue weighted by Crippen LogP contribution is -2.37. The summed E-state index contributed by atoms with van der Waals surface area (Å²) in [5.74, 6) is -0.219. The summed E-state index contributed by atoms with van der Waals surface area (Å²) in [4.78, 5) is 34.7. The van der Waals surface area contributed by atoms with Crippen LogP contribution >= 0.6 is 11.3 Å². The maximum Gasteiger partial charge on any atom is 0.262 e. The zero-order chi connectivity index (χ0) is 22.0. The van der Waals surface area contributed by atoms with Crippen LogP contribution < -0.4 is 10.5 Å². The van der Waals surface area contributed by atoms with Gasteiger partial charge in [-0.25, -0.2) is 4.98 Å². The molecule has 4 rings (SSSR count). The highest BCUT2D eigenvalue weighted by molar-refractivity contribution is 7.18. The summed E-state index contributed by atoms with van der Waals surface area (Å²) in [6.07, 6.45) is 7.03. The van der Waals surface area contributed by atoms with Gasteiger partial charge in [-0.15, -0.1) is 11.3 Å². The van der Waals surface area contributed by atoms with Crippen LogP contribution in [0.4, 0.5) is 5.69 Å². The zero-order valence-electron chi connectivity index (χ0n) is 18.0. The van der Waals surface area contributed by atoms with E-state index in [2.05, 4.69) is 11.1 Å². The van der Waals surface area contributed by atoms with Crippen molar-refractivity contribution in [3.8, 4) is 6.07 Å². The fourth-order valence-electron chi connectivity index (χ4n) is 4.15. The van der Waals surface area contributed by atoms with Crippen molar-refractivity contribution in [2.24, 2.45) is 0 Å². The molecule has 0 bridgehead atoms. The van der Waals surface area contributed by atoms with Gasteiger partial charge in [0.25, 0.3) is 5.56 Å². The Bertz CT molecular complexity index is 1230. The number of nitriles is 1. The number of hydrogen-bond donors (Lipinski definition) is 0. The second kappa shape index (κ2) is 9.03. The van der Waals surface area contributed by atoms with E-state index in [-0.39, 0.29) is 31.0 Å². The van der Waals surface area contributed by atoms with Gasteiger partial charge in [-0.1, -0.05) is 12.5 Å². The highest BCUT2D eigenvalue weighted by Gasteiger charge is 2.21. The van der Waals surface area contributed by atoms with Gasteiger partial charge in [0.1, 0.15) is 11.4 Å². The molecule has 0 atom stereocenters. The molecule has 2 aromatic heterocycles. The van der Waals surface area contributed by atoms with Crippen molar-refractivity contribution in [3.63, 3.8) is 0 Å². The fourth-order valence-corrected chi connectivity index (χ4v) is 5.37. The van der Waals surface area contributed by atoms with E-state index in [1.807, 2.05) is 32.0 Å². The van der Waals surface area contributed by atoms with E-state index in [1.54, 1.807) is 16.2 Å². The Morgan fingerprint density at radius 2 is 2.03 bits per heavy atom. The molecule has 0 unspecified atom stereocenters. The Kier molecular flexibility index (Phi) is 6.19. The Morgan fingerprint density at radius 1 is 1.23 bits per heavy atom. The Hall–Kier alpha value is -2.98. The summed E-state index contributed by atoms with van der Waals surface area (Å²) >= 11 is 1.62. The van der Waals surface area contributed by atoms with Crippen LogP contribution in [0.3, 0.4) is 0 Å². The largest absolute Gasteiger partial charge is 0.310 e. The van der Waals surface area contributed by atoms with E-state index in [0.717, 1.165) is 52.9 Å². The van der Waals surface area contributed by atoms with Crippen molar-refractivity contribution in [2.75, 3.05) is 11.4 Å². The number of nitrogens with zero attached hydrogens (tertiary/aromatic N) is 4. The molecule has 0 saturated heterocycles. The molecule has 2 heterocycles. The van der Waals surface area contributed by atoms with Crippen LogP contribution in [0.15, 0.2) is 29.3 Å². The first kappa shape index (κ1) is 21.3. The number of hydrogen-bond acceptors (Lipinski definition) is 5. The average Bonchev–Trinajstić information content (AvgIpc) is 2.95. The summed E-state index contributed by atoms with van der Waals surface area (Å²) in [7, 11) is 0. The van der Waals surface area contributed by atoms with E-state index < -0.39 is 0 Å². The van der Waals surface area contributed by atoms with Gasteiger partial charge in [0.15, 0.2) is 0 Å². The number of aryl methyl sites for hydroxylation is 4. The molecule has 1 aliphatic carbocycles. The minimum atomic E-state index is -0.219. The standard InChI is InChI=1S/C24H26N4O2S/c1-16-9-10-18(13-17(16)2)28(12-6-11-25)21(29)14-27-15-26-23-22(24(27)30)19-7-4-3-5-8-20(19)31-23/h9-10,13,15H,3-8,12,14H2,1-2H3.